The van der Waals surface area contributed by atoms with E-state index in [1.165, 1.54) is 17.0 Å². The molecule has 3 N–H and O–H groups in total. The summed E-state index contributed by atoms with van der Waals surface area (Å²) in [6.45, 7) is 2.89. The largest absolute Gasteiger partial charge is 0.488 e. The van der Waals surface area contributed by atoms with Crippen molar-refractivity contribution >= 4 is 34.8 Å². The minimum Gasteiger partial charge on any atom is -0.488 e. The van der Waals surface area contributed by atoms with E-state index in [0.717, 1.165) is 6.42 Å². The van der Waals surface area contributed by atoms with Crippen molar-refractivity contribution in [2.75, 3.05) is 26.4 Å². The third-order valence-electron chi connectivity index (χ3n) is 9.39. The normalized spacial score (nSPS) is 29.9. The highest BCUT2D eigenvalue weighted by atomic mass is 19.1. The van der Waals surface area contributed by atoms with Crippen molar-refractivity contribution in [3.05, 3.63) is 42.2 Å². The summed E-state index contributed by atoms with van der Waals surface area (Å²) in [5.74, 6) is -2.64. The summed E-state index contributed by atoms with van der Waals surface area (Å²) < 4.78 is 37.5. The number of halogens is 1. The molecule has 1 aromatic carbocycles. The Bertz CT molecular complexity index is 1580. The molecule has 0 unspecified atom stereocenters. The molecule has 3 aliphatic heterocycles. The number of hydrogen-bond acceptors (Lipinski definition) is 9. The molecule has 4 heterocycles. The summed E-state index contributed by atoms with van der Waals surface area (Å²) in [5.41, 5.74) is -1.40. The van der Waals surface area contributed by atoms with Crippen LogP contribution in [0.15, 0.2) is 36.4 Å². The lowest BCUT2D eigenvalue weighted by Crippen LogP contribution is -2.53. The molecular formula is C34H41FN4O9. The van der Waals surface area contributed by atoms with Crippen LogP contribution in [0, 0.1) is 11.7 Å². The average molecular weight is 669 g/mol. The van der Waals surface area contributed by atoms with Gasteiger partial charge in [-0.3, -0.25) is 9.59 Å². The molecule has 48 heavy (non-hydrogen) atoms. The van der Waals surface area contributed by atoms with Gasteiger partial charge in [-0.25, -0.2) is 19.0 Å². The molecule has 258 valence electrons. The number of aromatic nitrogens is 1. The number of aliphatic carboxylic acids is 1. The van der Waals surface area contributed by atoms with Crippen molar-refractivity contribution in [1.82, 2.24) is 20.5 Å². The topological polar surface area (TPSA) is 166 Å². The summed E-state index contributed by atoms with van der Waals surface area (Å²) in [4.78, 5) is 58.6. The Hall–Kier alpha value is -4.46. The molecule has 0 radical (unpaired) electrons. The molecule has 6 atom stereocenters. The Kier molecular flexibility index (Phi) is 9.99. The van der Waals surface area contributed by atoms with Crippen LogP contribution in [0.5, 0.6) is 11.6 Å². The number of carbonyl (C=O) groups is 4. The van der Waals surface area contributed by atoms with Crippen LogP contribution in [0.4, 0.5) is 9.18 Å². The van der Waals surface area contributed by atoms with Crippen LogP contribution in [0.3, 0.4) is 0 Å². The number of hydrogen-bond donors (Lipinski definition) is 3. The summed E-state index contributed by atoms with van der Waals surface area (Å²) in [5, 5.41) is 16.1. The number of benzene rings is 1. The SMILES string of the molecule is CCOc1cc(O[C@@H]2C[C@H]3C(=O)N[C@]4(C(=O)O)C[C@@H]4/C=C\CCCC[C@H](NC(=O)O[C@@H]4CCOC4)CC(=O)N3C2)c2cccc(F)c2n1. The fourth-order valence-electron chi connectivity index (χ4n) is 6.76. The Balaban J connectivity index is 1.26. The number of rotatable bonds is 7. The Morgan fingerprint density at radius 3 is 2.85 bits per heavy atom. The van der Waals surface area contributed by atoms with Gasteiger partial charge in [0.15, 0.2) is 0 Å². The summed E-state index contributed by atoms with van der Waals surface area (Å²) in [6, 6.07) is 4.41. The lowest BCUT2D eigenvalue weighted by molar-refractivity contribution is -0.145. The molecule has 1 aliphatic carbocycles. The van der Waals surface area contributed by atoms with Crippen molar-refractivity contribution in [3.63, 3.8) is 0 Å². The number of ether oxygens (including phenoxy) is 4. The average Bonchev–Trinajstić information content (AvgIpc) is 3.33. The van der Waals surface area contributed by atoms with Crippen LogP contribution in [-0.4, -0.2) is 95.1 Å². The third kappa shape index (κ3) is 7.33. The first-order chi connectivity index (χ1) is 23.2. The van der Waals surface area contributed by atoms with Gasteiger partial charge in [-0.15, -0.1) is 0 Å². The summed E-state index contributed by atoms with van der Waals surface area (Å²) >= 11 is 0. The van der Waals surface area contributed by atoms with E-state index in [9.17, 15) is 28.7 Å². The lowest BCUT2D eigenvalue weighted by Gasteiger charge is -2.27. The fourth-order valence-corrected chi connectivity index (χ4v) is 6.76. The van der Waals surface area contributed by atoms with Crippen molar-refractivity contribution in [2.24, 2.45) is 5.92 Å². The van der Waals surface area contributed by atoms with Crippen molar-refractivity contribution in [3.8, 4) is 11.6 Å². The molecule has 13 nitrogen and oxygen atoms in total. The number of alkyl carbamates (subject to hydrolysis) is 1. The van der Waals surface area contributed by atoms with Gasteiger partial charge in [0.2, 0.25) is 17.7 Å². The highest BCUT2D eigenvalue weighted by Gasteiger charge is 2.61. The Labute approximate surface area is 277 Å². The van der Waals surface area contributed by atoms with Crippen LogP contribution in [0.25, 0.3) is 10.9 Å². The first kappa shape index (κ1) is 33.4. The lowest BCUT2D eigenvalue weighted by atomic mass is 10.0. The predicted octanol–water partition coefficient (Wildman–Crippen LogP) is 3.48. The molecule has 1 aromatic heterocycles. The molecule has 2 saturated heterocycles. The minimum absolute atomic E-state index is 0.00000226. The minimum atomic E-state index is -1.45. The number of para-hydroxylation sites is 1. The number of pyridine rings is 1. The second kappa shape index (κ2) is 14.3. The van der Waals surface area contributed by atoms with Gasteiger partial charge in [0.1, 0.15) is 40.9 Å². The number of nitrogens with one attached hydrogen (secondary N) is 2. The number of carboxylic acid groups (broad SMARTS) is 1. The van der Waals surface area contributed by atoms with Gasteiger partial charge in [-0.05, 0) is 44.7 Å². The molecule has 0 spiro atoms. The zero-order valence-electron chi connectivity index (χ0n) is 26.8. The van der Waals surface area contributed by atoms with Gasteiger partial charge < -0.3 is 39.6 Å². The maximum absolute atomic E-state index is 14.8. The van der Waals surface area contributed by atoms with E-state index in [2.05, 4.69) is 15.6 Å². The first-order valence-corrected chi connectivity index (χ1v) is 16.6. The maximum atomic E-state index is 14.8. The van der Waals surface area contributed by atoms with E-state index >= 15 is 0 Å². The number of nitrogens with zero attached hydrogens (tertiary/aromatic N) is 2. The predicted molar refractivity (Wildman–Crippen MR) is 169 cm³/mol. The van der Waals surface area contributed by atoms with Crippen LogP contribution in [-0.2, 0) is 23.9 Å². The van der Waals surface area contributed by atoms with Crippen LogP contribution in [0.2, 0.25) is 0 Å². The molecule has 0 bridgehead atoms. The highest BCUT2D eigenvalue weighted by molar-refractivity contribution is 5.95. The van der Waals surface area contributed by atoms with Gasteiger partial charge in [0.25, 0.3) is 0 Å². The summed E-state index contributed by atoms with van der Waals surface area (Å²) in [6.07, 6.45) is 5.51. The quantitative estimate of drug-likeness (QED) is 0.372. The van der Waals surface area contributed by atoms with Gasteiger partial charge in [-0.1, -0.05) is 24.6 Å². The second-order valence-electron chi connectivity index (χ2n) is 12.8. The van der Waals surface area contributed by atoms with Gasteiger partial charge >= 0.3 is 12.1 Å². The third-order valence-corrected chi connectivity index (χ3v) is 9.39. The number of allylic oxidation sites excluding steroid dienone is 1. The van der Waals surface area contributed by atoms with Crippen molar-refractivity contribution in [2.45, 2.75) is 88.1 Å². The Morgan fingerprint density at radius 1 is 1.23 bits per heavy atom. The maximum Gasteiger partial charge on any atom is 0.407 e. The molecular weight excluding hydrogens is 627 g/mol. The number of carbonyl (C=O) groups excluding carboxylic acids is 3. The van der Waals surface area contributed by atoms with E-state index in [1.807, 2.05) is 12.2 Å². The Morgan fingerprint density at radius 2 is 2.08 bits per heavy atom. The van der Waals surface area contributed by atoms with Crippen LogP contribution < -0.4 is 20.1 Å². The van der Waals surface area contributed by atoms with Gasteiger partial charge in [0.05, 0.1) is 26.4 Å². The van der Waals surface area contributed by atoms with E-state index in [-0.39, 0.29) is 55.0 Å². The molecule has 3 amide bonds. The van der Waals surface area contributed by atoms with Crippen LogP contribution >= 0.6 is 0 Å². The smallest absolute Gasteiger partial charge is 0.407 e. The summed E-state index contributed by atoms with van der Waals surface area (Å²) in [7, 11) is 0. The van der Waals surface area contributed by atoms with Crippen LogP contribution in [0.1, 0.15) is 58.3 Å². The number of fused-ring (bicyclic) bond motifs is 3. The zero-order chi connectivity index (χ0) is 33.8. The van der Waals surface area contributed by atoms with Gasteiger partial charge in [0, 0.05) is 42.7 Å². The second-order valence-corrected chi connectivity index (χ2v) is 12.8. The number of carboxylic acids is 1. The fraction of sp³-hybridized carbons (Fsp3) is 0.559. The molecule has 3 fully saturated rings. The molecule has 6 rings (SSSR count). The highest BCUT2D eigenvalue weighted by Crippen LogP contribution is 2.45. The molecule has 1 saturated carbocycles. The monoisotopic (exact) mass is 668 g/mol. The van der Waals surface area contributed by atoms with E-state index in [4.69, 9.17) is 18.9 Å². The molecule has 4 aliphatic rings. The van der Waals surface area contributed by atoms with E-state index in [0.29, 0.717) is 50.9 Å². The van der Waals surface area contributed by atoms with Crippen molar-refractivity contribution in [1.29, 1.82) is 0 Å². The molecule has 14 heteroatoms. The van der Waals surface area contributed by atoms with Crippen molar-refractivity contribution < 1.29 is 47.6 Å². The van der Waals surface area contributed by atoms with E-state index in [1.54, 1.807) is 19.1 Å². The standard InChI is InChI=1S/C34H41FN4O9/c1-2-46-28-16-27(24-10-7-11-25(35)30(24)37-28)47-23-15-26-31(41)38-34(32(42)43)17-20(34)8-5-3-4-6-9-21(14-29(40)39(26)18-23)36-33(44)48-22-12-13-45-19-22/h5,7-8,10-11,16,20-23,26H,2-4,6,9,12-15,17-19H2,1H3,(H,36,44)(H,38,41)(H,42,43)/b8-5-/t20-,21-,22+,23+,26-,34+/m0/s1. The molecule has 2 aromatic rings. The first-order valence-electron chi connectivity index (χ1n) is 16.6. The van der Waals surface area contributed by atoms with Gasteiger partial charge in [-0.2, -0.15) is 0 Å². The number of amides is 3. The van der Waals surface area contributed by atoms with E-state index < -0.39 is 53.4 Å². The zero-order valence-corrected chi connectivity index (χ0v) is 26.8.